The molecule has 0 saturated heterocycles. The highest BCUT2D eigenvalue weighted by atomic mass is 19.4. The van der Waals surface area contributed by atoms with Crippen LogP contribution in [-0.2, 0) is 4.79 Å². The first-order valence-corrected chi connectivity index (χ1v) is 9.56. The van der Waals surface area contributed by atoms with E-state index in [1.54, 1.807) is 19.1 Å². The highest BCUT2D eigenvalue weighted by molar-refractivity contribution is 6.21. The summed E-state index contributed by atoms with van der Waals surface area (Å²) in [6.07, 6.45) is -1.93. The van der Waals surface area contributed by atoms with Crippen LogP contribution >= 0.6 is 0 Å². The third kappa shape index (κ3) is 6.50. The lowest BCUT2D eigenvalue weighted by molar-refractivity contribution is -0.154. The number of nitrogens with zero attached hydrogens (tertiary/aromatic N) is 2. The smallest absolute Gasteiger partial charge is 0.422 e. The summed E-state index contributed by atoms with van der Waals surface area (Å²) in [5.74, 6) is -0.435. The van der Waals surface area contributed by atoms with Gasteiger partial charge < -0.3 is 15.0 Å². The van der Waals surface area contributed by atoms with Crippen molar-refractivity contribution in [2.24, 2.45) is 0 Å². The van der Waals surface area contributed by atoms with E-state index in [9.17, 15) is 18.0 Å². The van der Waals surface area contributed by atoms with Crippen LogP contribution in [0.1, 0.15) is 37.6 Å². The van der Waals surface area contributed by atoms with Crippen LogP contribution in [0.4, 0.5) is 18.9 Å². The molecule has 1 N–H and O–H groups in total. The molecule has 1 unspecified atom stereocenters. The van der Waals surface area contributed by atoms with Gasteiger partial charge in [-0.2, -0.15) is 13.2 Å². The number of amides is 1. The highest BCUT2D eigenvalue weighted by Crippen LogP contribution is 2.27. The van der Waals surface area contributed by atoms with Crippen molar-refractivity contribution in [2.45, 2.75) is 32.5 Å². The number of hydrogen-bond donors (Lipinski definition) is 1. The van der Waals surface area contributed by atoms with E-state index < -0.39 is 18.8 Å². The standard InChI is InChI=1S/C22H26F3N3O2/c1-5-9-17(16-10-6-7-12-19(16)28(3)4)21(29)26-15(2)18-11-8-13-20(27-18)30-14-22(23,24)25/h6-13,15H,5,14H2,1-4H3,(H,26,29)/b17-9-. The maximum Gasteiger partial charge on any atom is 0.422 e. The minimum atomic E-state index is -4.45. The SMILES string of the molecule is CC/C=C(\C(=O)NC(C)c1cccc(OCC(F)(F)F)n1)c1ccccc1N(C)C. The molecule has 1 amide bonds. The number of nitrogens with one attached hydrogen (secondary N) is 1. The van der Waals surface area contributed by atoms with Crippen molar-refractivity contribution >= 4 is 17.2 Å². The van der Waals surface area contributed by atoms with E-state index in [-0.39, 0.29) is 11.8 Å². The second-order valence-electron chi connectivity index (χ2n) is 6.94. The van der Waals surface area contributed by atoms with Gasteiger partial charge in [0.25, 0.3) is 5.91 Å². The topological polar surface area (TPSA) is 54.5 Å². The number of halogens is 3. The van der Waals surface area contributed by atoms with Crippen molar-refractivity contribution in [1.82, 2.24) is 10.3 Å². The minimum Gasteiger partial charge on any atom is -0.468 e. The Bertz CT molecular complexity index is 895. The molecule has 1 heterocycles. The van der Waals surface area contributed by atoms with E-state index in [0.29, 0.717) is 17.7 Å². The number of hydrogen-bond acceptors (Lipinski definition) is 4. The fourth-order valence-corrected chi connectivity index (χ4v) is 2.88. The third-order valence-electron chi connectivity index (χ3n) is 4.25. The lowest BCUT2D eigenvalue weighted by atomic mass is 10.0. The molecule has 5 nitrogen and oxygen atoms in total. The lowest BCUT2D eigenvalue weighted by Crippen LogP contribution is -2.28. The molecule has 0 saturated carbocycles. The first-order chi connectivity index (χ1) is 14.1. The van der Waals surface area contributed by atoms with Crippen molar-refractivity contribution in [3.8, 4) is 5.88 Å². The summed E-state index contributed by atoms with van der Waals surface area (Å²) in [4.78, 5) is 19.0. The van der Waals surface area contributed by atoms with E-state index in [1.807, 2.05) is 56.3 Å². The molecule has 2 rings (SSSR count). The van der Waals surface area contributed by atoms with Gasteiger partial charge in [0.15, 0.2) is 6.61 Å². The molecule has 0 radical (unpaired) electrons. The summed E-state index contributed by atoms with van der Waals surface area (Å²) >= 11 is 0. The maximum absolute atomic E-state index is 13.0. The zero-order valence-corrected chi connectivity index (χ0v) is 17.5. The van der Waals surface area contributed by atoms with Crippen molar-refractivity contribution < 1.29 is 22.7 Å². The Labute approximate surface area is 174 Å². The van der Waals surface area contributed by atoms with E-state index in [0.717, 1.165) is 11.3 Å². The summed E-state index contributed by atoms with van der Waals surface area (Å²) in [5, 5.41) is 2.88. The number of carbonyl (C=O) groups is 1. The summed E-state index contributed by atoms with van der Waals surface area (Å²) < 4.78 is 41.8. The lowest BCUT2D eigenvalue weighted by Gasteiger charge is -2.21. The Balaban J connectivity index is 2.20. The van der Waals surface area contributed by atoms with Gasteiger partial charge in [-0.25, -0.2) is 4.98 Å². The first kappa shape index (κ1) is 23.3. The predicted octanol–water partition coefficient (Wildman–Crippen LogP) is 4.76. The molecule has 0 aliphatic heterocycles. The number of ether oxygens (including phenoxy) is 1. The Morgan fingerprint density at radius 1 is 1.20 bits per heavy atom. The fourth-order valence-electron chi connectivity index (χ4n) is 2.88. The molecule has 1 aromatic carbocycles. The maximum atomic E-state index is 13.0. The minimum absolute atomic E-state index is 0.145. The summed E-state index contributed by atoms with van der Waals surface area (Å²) in [6, 6.07) is 11.6. The van der Waals surface area contributed by atoms with Crippen LogP contribution in [0.2, 0.25) is 0 Å². The normalized spacial score (nSPS) is 13.0. The number of anilines is 1. The number of pyridine rings is 1. The molecule has 8 heteroatoms. The average Bonchev–Trinajstić information content (AvgIpc) is 2.70. The van der Waals surface area contributed by atoms with E-state index in [2.05, 4.69) is 10.3 Å². The zero-order valence-electron chi connectivity index (χ0n) is 17.5. The van der Waals surface area contributed by atoms with Crippen molar-refractivity contribution in [2.75, 3.05) is 25.6 Å². The fraction of sp³-hybridized carbons (Fsp3) is 0.364. The molecule has 0 fully saturated rings. The van der Waals surface area contributed by atoms with Gasteiger partial charge in [0, 0.05) is 37.0 Å². The Morgan fingerprint density at radius 2 is 1.90 bits per heavy atom. The molecule has 0 aliphatic carbocycles. The van der Waals surface area contributed by atoms with Crippen molar-refractivity contribution in [3.05, 3.63) is 59.8 Å². The Kier molecular flexibility index (Phi) is 7.86. The van der Waals surface area contributed by atoms with Gasteiger partial charge in [-0.3, -0.25) is 4.79 Å². The number of alkyl halides is 3. The Morgan fingerprint density at radius 3 is 2.53 bits per heavy atom. The van der Waals surface area contributed by atoms with Crippen LogP contribution in [0.3, 0.4) is 0 Å². The van der Waals surface area contributed by atoms with E-state index >= 15 is 0 Å². The first-order valence-electron chi connectivity index (χ1n) is 9.56. The van der Waals surface area contributed by atoms with Crippen LogP contribution in [0.15, 0.2) is 48.5 Å². The second-order valence-corrected chi connectivity index (χ2v) is 6.94. The second kappa shape index (κ2) is 10.1. The summed E-state index contributed by atoms with van der Waals surface area (Å²) in [7, 11) is 3.80. The van der Waals surface area contributed by atoms with Crippen LogP contribution in [0, 0.1) is 0 Å². The number of rotatable bonds is 8. The molecule has 0 bridgehead atoms. The van der Waals surface area contributed by atoms with Gasteiger partial charge in [0.05, 0.1) is 11.7 Å². The number of allylic oxidation sites excluding steroid dienone is 1. The Hall–Kier alpha value is -3.03. The monoisotopic (exact) mass is 421 g/mol. The van der Waals surface area contributed by atoms with Crippen LogP contribution < -0.4 is 15.0 Å². The van der Waals surface area contributed by atoms with E-state index in [4.69, 9.17) is 4.74 Å². The summed E-state index contributed by atoms with van der Waals surface area (Å²) in [5.41, 5.74) is 2.63. The van der Waals surface area contributed by atoms with Crippen molar-refractivity contribution in [3.63, 3.8) is 0 Å². The number of aromatic nitrogens is 1. The molecule has 2 aromatic rings. The molecule has 0 aliphatic rings. The summed E-state index contributed by atoms with van der Waals surface area (Å²) in [6.45, 7) is 2.24. The largest absolute Gasteiger partial charge is 0.468 e. The molecule has 30 heavy (non-hydrogen) atoms. The highest BCUT2D eigenvalue weighted by Gasteiger charge is 2.28. The molecule has 1 atom stereocenters. The van der Waals surface area contributed by atoms with E-state index in [1.165, 1.54) is 6.07 Å². The van der Waals surface area contributed by atoms with Gasteiger partial charge in [0.1, 0.15) is 0 Å². The number of carbonyl (C=O) groups excluding carboxylic acids is 1. The van der Waals surface area contributed by atoms with Gasteiger partial charge >= 0.3 is 6.18 Å². The van der Waals surface area contributed by atoms with Crippen LogP contribution in [-0.4, -0.2) is 37.8 Å². The predicted molar refractivity (Wildman–Crippen MR) is 111 cm³/mol. The zero-order chi connectivity index (χ0) is 22.3. The van der Waals surface area contributed by atoms with Gasteiger partial charge in [-0.15, -0.1) is 0 Å². The molecule has 162 valence electrons. The quantitative estimate of drug-likeness (QED) is 0.625. The number of para-hydroxylation sites is 1. The molecular formula is C22H26F3N3O2. The number of benzene rings is 1. The molecule has 0 spiro atoms. The van der Waals surface area contributed by atoms with Gasteiger partial charge in [0.2, 0.25) is 5.88 Å². The van der Waals surface area contributed by atoms with Gasteiger partial charge in [-0.1, -0.05) is 37.3 Å². The molecule has 1 aromatic heterocycles. The van der Waals surface area contributed by atoms with Crippen LogP contribution in [0.5, 0.6) is 5.88 Å². The average molecular weight is 421 g/mol. The van der Waals surface area contributed by atoms with Gasteiger partial charge in [-0.05, 0) is 25.5 Å². The van der Waals surface area contributed by atoms with Crippen molar-refractivity contribution in [1.29, 1.82) is 0 Å². The third-order valence-corrected chi connectivity index (χ3v) is 4.25. The van der Waals surface area contributed by atoms with Crippen LogP contribution in [0.25, 0.3) is 5.57 Å². The molecular weight excluding hydrogens is 395 g/mol.